The van der Waals surface area contributed by atoms with Crippen molar-refractivity contribution in [2.75, 3.05) is 4.90 Å². The van der Waals surface area contributed by atoms with Crippen LogP contribution < -0.4 is 4.90 Å². The molecule has 2 atom stereocenters. The van der Waals surface area contributed by atoms with Crippen molar-refractivity contribution in [1.82, 2.24) is 0 Å². The van der Waals surface area contributed by atoms with Crippen molar-refractivity contribution in [3.05, 3.63) is 29.8 Å². The number of rotatable bonds is 1. The van der Waals surface area contributed by atoms with Crippen LogP contribution in [0.25, 0.3) is 0 Å². The summed E-state index contributed by atoms with van der Waals surface area (Å²) in [6.45, 7) is 14.1. The van der Waals surface area contributed by atoms with Crippen LogP contribution in [0.5, 0.6) is 0 Å². The minimum Gasteiger partial charge on any atom is -0.366 e. The van der Waals surface area contributed by atoms with Gasteiger partial charge >= 0.3 is 0 Å². The lowest BCUT2D eigenvalue weighted by atomic mass is 9.73. The van der Waals surface area contributed by atoms with Crippen LogP contribution >= 0.6 is 0 Å². The molecule has 1 aromatic carbocycles. The molecule has 1 aromatic rings. The molecule has 2 fully saturated rings. The van der Waals surface area contributed by atoms with Crippen molar-refractivity contribution in [3.8, 4) is 0 Å². The fourth-order valence-corrected chi connectivity index (χ4v) is 4.44. The van der Waals surface area contributed by atoms with Crippen molar-refractivity contribution in [1.29, 1.82) is 0 Å². The fraction of sp³-hybridized carbons (Fsp3) is 0.714. The summed E-state index contributed by atoms with van der Waals surface area (Å²) in [5.74, 6) is 0.884. The molecule has 0 N–H and O–H groups in total. The molecule has 122 valence electrons. The van der Waals surface area contributed by atoms with Crippen LogP contribution in [0.4, 0.5) is 5.69 Å². The Balaban J connectivity index is 1.80. The van der Waals surface area contributed by atoms with Crippen LogP contribution in [0.3, 0.4) is 0 Å². The number of nitrogens with zero attached hydrogens (tertiary/aromatic N) is 1. The SMILES string of the molecule is CC(C)(C)c1ccc(N2C3CCC2CC(C(C)(C)C)C3)cc1. The molecule has 0 radical (unpaired) electrons. The first-order valence-electron chi connectivity index (χ1n) is 9.05. The van der Waals surface area contributed by atoms with Crippen LogP contribution in [-0.4, -0.2) is 12.1 Å². The van der Waals surface area contributed by atoms with Gasteiger partial charge in [-0.25, -0.2) is 0 Å². The molecule has 2 saturated heterocycles. The predicted molar refractivity (Wildman–Crippen MR) is 96.6 cm³/mol. The van der Waals surface area contributed by atoms with Crippen LogP contribution in [-0.2, 0) is 5.41 Å². The maximum Gasteiger partial charge on any atom is 0.0371 e. The molecule has 22 heavy (non-hydrogen) atoms. The molecule has 0 aromatic heterocycles. The van der Waals surface area contributed by atoms with Crippen molar-refractivity contribution in [2.24, 2.45) is 11.3 Å². The summed E-state index contributed by atoms with van der Waals surface area (Å²) in [5.41, 5.74) is 3.60. The third-order valence-corrected chi connectivity index (χ3v) is 5.99. The number of fused-ring (bicyclic) bond motifs is 2. The highest BCUT2D eigenvalue weighted by Crippen LogP contribution is 2.47. The lowest BCUT2D eigenvalue weighted by molar-refractivity contribution is 0.174. The van der Waals surface area contributed by atoms with Gasteiger partial charge in [-0.15, -0.1) is 0 Å². The molecule has 3 rings (SSSR count). The number of anilines is 1. The first-order chi connectivity index (χ1) is 10.2. The number of hydrogen-bond donors (Lipinski definition) is 0. The minimum atomic E-state index is 0.247. The third kappa shape index (κ3) is 2.92. The van der Waals surface area contributed by atoms with Crippen molar-refractivity contribution >= 4 is 5.69 Å². The van der Waals surface area contributed by atoms with Gasteiger partial charge in [-0.2, -0.15) is 0 Å². The highest BCUT2D eigenvalue weighted by Gasteiger charge is 2.43. The molecule has 2 aliphatic heterocycles. The van der Waals surface area contributed by atoms with Crippen LogP contribution in [0.1, 0.15) is 72.8 Å². The standard InChI is InChI=1S/C21H33N/c1-20(2,3)15-7-9-17(10-8-15)22-18-11-12-19(22)14-16(13-18)21(4,5)6/h7-10,16,18-19H,11-14H2,1-6H3. The summed E-state index contributed by atoms with van der Waals surface area (Å²) in [6, 6.07) is 10.9. The predicted octanol–water partition coefficient (Wildman–Crippen LogP) is 5.78. The Bertz CT molecular complexity index is 500. The molecule has 2 unspecified atom stereocenters. The second-order valence-electron chi connectivity index (χ2n) is 9.62. The maximum atomic E-state index is 2.74. The van der Waals surface area contributed by atoms with E-state index in [4.69, 9.17) is 0 Å². The van der Waals surface area contributed by atoms with E-state index in [0.717, 1.165) is 18.0 Å². The summed E-state index contributed by atoms with van der Waals surface area (Å²) in [7, 11) is 0. The molecule has 0 spiro atoms. The summed E-state index contributed by atoms with van der Waals surface area (Å²) in [6.07, 6.45) is 5.53. The molecular weight excluding hydrogens is 266 g/mol. The zero-order chi connectivity index (χ0) is 16.1. The quantitative estimate of drug-likeness (QED) is 0.635. The number of piperidine rings is 1. The normalized spacial score (nSPS) is 29.0. The Kier molecular flexibility index (Phi) is 3.82. The first-order valence-corrected chi connectivity index (χ1v) is 9.05. The average molecular weight is 300 g/mol. The lowest BCUT2D eigenvalue weighted by Gasteiger charge is -2.45. The molecule has 1 nitrogen and oxygen atoms in total. The Labute approximate surface area is 137 Å². The van der Waals surface area contributed by atoms with Gasteiger partial charge in [0, 0.05) is 17.8 Å². The number of benzene rings is 1. The van der Waals surface area contributed by atoms with E-state index in [1.54, 1.807) is 0 Å². The molecule has 2 bridgehead atoms. The van der Waals surface area contributed by atoms with Gasteiger partial charge in [0.25, 0.3) is 0 Å². The van der Waals surface area contributed by atoms with Crippen molar-refractivity contribution < 1.29 is 0 Å². The molecule has 2 aliphatic rings. The largest absolute Gasteiger partial charge is 0.366 e. The number of hydrogen-bond acceptors (Lipinski definition) is 1. The van der Waals surface area contributed by atoms with Gasteiger partial charge in [0.15, 0.2) is 0 Å². The second kappa shape index (κ2) is 5.28. The fourth-order valence-electron chi connectivity index (χ4n) is 4.44. The van der Waals surface area contributed by atoms with Gasteiger partial charge in [0.1, 0.15) is 0 Å². The van der Waals surface area contributed by atoms with E-state index in [9.17, 15) is 0 Å². The minimum absolute atomic E-state index is 0.247. The zero-order valence-corrected chi connectivity index (χ0v) is 15.3. The maximum absolute atomic E-state index is 2.74. The molecule has 0 amide bonds. The van der Waals surface area contributed by atoms with Gasteiger partial charge in [0.05, 0.1) is 0 Å². The zero-order valence-electron chi connectivity index (χ0n) is 15.3. The Morgan fingerprint density at radius 3 is 1.73 bits per heavy atom. The average Bonchev–Trinajstić information content (AvgIpc) is 2.66. The second-order valence-corrected chi connectivity index (χ2v) is 9.62. The van der Waals surface area contributed by atoms with E-state index >= 15 is 0 Å². The molecule has 1 heteroatoms. The third-order valence-electron chi connectivity index (χ3n) is 5.99. The van der Waals surface area contributed by atoms with E-state index in [-0.39, 0.29) is 5.41 Å². The van der Waals surface area contributed by atoms with E-state index < -0.39 is 0 Å². The Morgan fingerprint density at radius 2 is 1.32 bits per heavy atom. The molecule has 2 heterocycles. The topological polar surface area (TPSA) is 3.24 Å². The summed E-state index contributed by atoms with van der Waals surface area (Å²) in [4.78, 5) is 2.74. The molecule has 0 saturated carbocycles. The van der Waals surface area contributed by atoms with Gasteiger partial charge in [-0.1, -0.05) is 53.7 Å². The summed E-state index contributed by atoms with van der Waals surface area (Å²) in [5, 5.41) is 0. The van der Waals surface area contributed by atoms with Crippen molar-refractivity contribution in [3.63, 3.8) is 0 Å². The van der Waals surface area contributed by atoms with Crippen LogP contribution in [0.15, 0.2) is 24.3 Å². The van der Waals surface area contributed by atoms with Crippen molar-refractivity contribution in [2.45, 2.75) is 84.7 Å². The smallest absolute Gasteiger partial charge is 0.0371 e. The highest BCUT2D eigenvalue weighted by molar-refractivity contribution is 5.52. The van der Waals surface area contributed by atoms with E-state index in [1.165, 1.54) is 36.9 Å². The lowest BCUT2D eigenvalue weighted by Crippen LogP contribution is -2.45. The van der Waals surface area contributed by atoms with E-state index in [0.29, 0.717) is 5.41 Å². The highest BCUT2D eigenvalue weighted by atomic mass is 15.2. The van der Waals surface area contributed by atoms with Crippen LogP contribution in [0.2, 0.25) is 0 Å². The van der Waals surface area contributed by atoms with Crippen LogP contribution in [0, 0.1) is 11.3 Å². The molecule has 0 aliphatic carbocycles. The van der Waals surface area contributed by atoms with Gasteiger partial charge in [-0.3, -0.25) is 0 Å². The van der Waals surface area contributed by atoms with Gasteiger partial charge < -0.3 is 4.90 Å². The Morgan fingerprint density at radius 1 is 0.818 bits per heavy atom. The Hall–Kier alpha value is -0.980. The van der Waals surface area contributed by atoms with E-state index in [2.05, 4.69) is 70.7 Å². The first kappa shape index (κ1) is 15.9. The van der Waals surface area contributed by atoms with Gasteiger partial charge in [-0.05, 0) is 60.1 Å². The summed E-state index contributed by atoms with van der Waals surface area (Å²) >= 11 is 0. The van der Waals surface area contributed by atoms with Gasteiger partial charge in [0.2, 0.25) is 0 Å². The summed E-state index contributed by atoms with van der Waals surface area (Å²) < 4.78 is 0. The molecular formula is C21H33N. The van der Waals surface area contributed by atoms with E-state index in [1.807, 2.05) is 0 Å². The monoisotopic (exact) mass is 299 g/mol.